The highest BCUT2D eigenvalue weighted by Gasteiger charge is 2.14. The molecule has 1 aromatic carbocycles. The van der Waals surface area contributed by atoms with E-state index < -0.39 is 11.6 Å². The van der Waals surface area contributed by atoms with Gasteiger partial charge in [-0.15, -0.1) is 0 Å². The van der Waals surface area contributed by atoms with Crippen molar-refractivity contribution < 1.29 is 8.78 Å². The number of hydrogen-bond acceptors (Lipinski definition) is 3. The highest BCUT2D eigenvalue weighted by molar-refractivity contribution is 6.02. The van der Waals surface area contributed by atoms with E-state index in [2.05, 4.69) is 0 Å². The molecule has 17 heavy (non-hydrogen) atoms. The molecule has 94 valence electrons. The van der Waals surface area contributed by atoms with Crippen LogP contribution in [0.5, 0.6) is 0 Å². The third kappa shape index (κ3) is 3.49. The largest absolute Gasteiger partial charge is 0.398 e. The number of rotatable bonds is 5. The van der Waals surface area contributed by atoms with Crippen molar-refractivity contribution in [2.45, 2.75) is 13.3 Å². The van der Waals surface area contributed by atoms with E-state index in [-0.39, 0.29) is 17.0 Å². The Morgan fingerprint density at radius 3 is 2.59 bits per heavy atom. The van der Waals surface area contributed by atoms with Crippen LogP contribution in [0, 0.1) is 17.0 Å². The normalized spacial score (nSPS) is 10.9. The van der Waals surface area contributed by atoms with Crippen LogP contribution in [-0.2, 0) is 0 Å². The van der Waals surface area contributed by atoms with Crippen LogP contribution in [0.25, 0.3) is 0 Å². The maximum Gasteiger partial charge on any atom is 0.137 e. The molecule has 1 rings (SSSR count). The third-order valence-electron chi connectivity index (χ3n) is 2.67. The van der Waals surface area contributed by atoms with Crippen molar-refractivity contribution in [3.8, 4) is 0 Å². The van der Waals surface area contributed by atoms with Crippen molar-refractivity contribution in [2.24, 2.45) is 0 Å². The summed E-state index contributed by atoms with van der Waals surface area (Å²) in [5.41, 5.74) is 5.61. The second kappa shape index (κ2) is 5.72. The summed E-state index contributed by atoms with van der Waals surface area (Å²) >= 11 is 0. The fourth-order valence-corrected chi connectivity index (χ4v) is 1.50. The molecular weight excluding hydrogens is 224 g/mol. The minimum Gasteiger partial charge on any atom is -0.398 e. The van der Waals surface area contributed by atoms with E-state index in [9.17, 15) is 8.78 Å². The Morgan fingerprint density at radius 2 is 2.06 bits per heavy atom. The molecule has 1 aromatic rings. The molecule has 0 atom stereocenters. The van der Waals surface area contributed by atoms with E-state index in [1.165, 1.54) is 0 Å². The van der Waals surface area contributed by atoms with Gasteiger partial charge in [-0.05, 0) is 19.7 Å². The number of nitrogen functional groups attached to an aromatic ring is 1. The molecule has 0 aliphatic heterocycles. The second-order valence-corrected chi connectivity index (χ2v) is 3.98. The van der Waals surface area contributed by atoms with E-state index >= 15 is 0 Å². The topological polar surface area (TPSA) is 53.1 Å². The first kappa shape index (κ1) is 13.6. The molecular formula is C12H17F2N3. The minimum absolute atomic E-state index is 0.0101. The molecule has 0 radical (unpaired) electrons. The summed E-state index contributed by atoms with van der Waals surface area (Å²) < 4.78 is 26.3. The van der Waals surface area contributed by atoms with Gasteiger partial charge in [0.25, 0.3) is 0 Å². The summed E-state index contributed by atoms with van der Waals surface area (Å²) in [5, 5.41) is 7.78. The predicted molar refractivity (Wildman–Crippen MR) is 65.4 cm³/mol. The monoisotopic (exact) mass is 241 g/mol. The van der Waals surface area contributed by atoms with E-state index in [0.717, 1.165) is 18.7 Å². The van der Waals surface area contributed by atoms with Crippen LogP contribution in [0.15, 0.2) is 12.1 Å². The van der Waals surface area contributed by atoms with Gasteiger partial charge >= 0.3 is 0 Å². The van der Waals surface area contributed by atoms with Gasteiger partial charge in [0.05, 0.1) is 5.56 Å². The van der Waals surface area contributed by atoms with E-state index in [1.807, 2.05) is 18.9 Å². The summed E-state index contributed by atoms with van der Waals surface area (Å²) in [6, 6.07) is 1.79. The van der Waals surface area contributed by atoms with E-state index in [0.29, 0.717) is 13.0 Å². The molecule has 3 N–H and O–H groups in total. The van der Waals surface area contributed by atoms with Gasteiger partial charge in [-0.25, -0.2) is 8.78 Å². The molecule has 0 aliphatic carbocycles. The molecule has 0 saturated heterocycles. The van der Waals surface area contributed by atoms with Crippen LogP contribution in [0.4, 0.5) is 14.5 Å². The van der Waals surface area contributed by atoms with Gasteiger partial charge in [-0.3, -0.25) is 0 Å². The van der Waals surface area contributed by atoms with Gasteiger partial charge in [0.15, 0.2) is 0 Å². The standard InChI is InChI=1S/C12H17F2N3/c1-3-17(2)5-4-10(15)12-9(14)6-8(13)7-11(12)16/h6-7,15H,3-5,16H2,1-2H3. The highest BCUT2D eigenvalue weighted by atomic mass is 19.1. The summed E-state index contributed by atoms with van der Waals surface area (Å²) in [4.78, 5) is 2.01. The number of nitrogens with zero attached hydrogens (tertiary/aromatic N) is 1. The van der Waals surface area contributed by atoms with Crippen LogP contribution < -0.4 is 5.73 Å². The van der Waals surface area contributed by atoms with Crippen LogP contribution in [0.3, 0.4) is 0 Å². The smallest absolute Gasteiger partial charge is 0.137 e. The van der Waals surface area contributed by atoms with E-state index in [4.69, 9.17) is 11.1 Å². The van der Waals surface area contributed by atoms with Crippen LogP contribution in [0.2, 0.25) is 0 Å². The van der Waals surface area contributed by atoms with Crippen LogP contribution in [-0.4, -0.2) is 30.7 Å². The van der Waals surface area contributed by atoms with Crippen LogP contribution >= 0.6 is 0 Å². The molecule has 0 amide bonds. The summed E-state index contributed by atoms with van der Waals surface area (Å²) in [5.74, 6) is -1.49. The van der Waals surface area contributed by atoms with E-state index in [1.54, 1.807) is 0 Å². The molecule has 5 heteroatoms. The molecule has 3 nitrogen and oxygen atoms in total. The molecule has 0 bridgehead atoms. The van der Waals surface area contributed by atoms with Crippen molar-refractivity contribution >= 4 is 11.4 Å². The SMILES string of the molecule is CCN(C)CCC(=N)c1c(N)cc(F)cc1F. The van der Waals surface area contributed by atoms with Gasteiger partial charge < -0.3 is 16.0 Å². The highest BCUT2D eigenvalue weighted by Crippen LogP contribution is 2.19. The first-order valence-corrected chi connectivity index (χ1v) is 5.46. The average Bonchev–Trinajstić information content (AvgIpc) is 2.24. The summed E-state index contributed by atoms with van der Waals surface area (Å²) in [7, 11) is 1.91. The molecule has 0 aliphatic rings. The zero-order valence-electron chi connectivity index (χ0n) is 10.1. The third-order valence-corrected chi connectivity index (χ3v) is 2.67. The number of halogens is 2. The minimum atomic E-state index is -0.772. The van der Waals surface area contributed by atoms with Gasteiger partial charge in [-0.1, -0.05) is 6.92 Å². The number of nitrogens with one attached hydrogen (secondary N) is 1. The molecule has 0 fully saturated rings. The van der Waals surface area contributed by atoms with Gasteiger partial charge in [0, 0.05) is 30.4 Å². The fraction of sp³-hybridized carbons (Fsp3) is 0.417. The lowest BCUT2D eigenvalue weighted by Crippen LogP contribution is -2.22. The van der Waals surface area contributed by atoms with Crippen molar-refractivity contribution in [1.82, 2.24) is 4.90 Å². The molecule has 0 saturated carbocycles. The summed E-state index contributed by atoms with van der Waals surface area (Å²) in [6.07, 6.45) is 0.386. The Kier molecular flexibility index (Phi) is 4.57. The zero-order chi connectivity index (χ0) is 13.0. The maximum atomic E-state index is 13.5. The van der Waals surface area contributed by atoms with Gasteiger partial charge in [0.2, 0.25) is 0 Å². The average molecular weight is 241 g/mol. The Morgan fingerprint density at radius 1 is 1.41 bits per heavy atom. The van der Waals surface area contributed by atoms with Crippen molar-refractivity contribution in [1.29, 1.82) is 5.41 Å². The van der Waals surface area contributed by atoms with Crippen LogP contribution in [0.1, 0.15) is 18.9 Å². The summed E-state index contributed by atoms with van der Waals surface area (Å²) in [6.45, 7) is 3.50. The molecule has 0 spiro atoms. The first-order valence-electron chi connectivity index (χ1n) is 5.46. The zero-order valence-corrected chi connectivity index (χ0v) is 10.1. The van der Waals surface area contributed by atoms with Gasteiger partial charge in [-0.2, -0.15) is 0 Å². The van der Waals surface area contributed by atoms with Crippen molar-refractivity contribution in [3.63, 3.8) is 0 Å². The first-order chi connectivity index (χ1) is 7.95. The Labute approximate surface area is 99.7 Å². The lowest BCUT2D eigenvalue weighted by molar-refractivity contribution is 0.364. The molecule has 0 aromatic heterocycles. The number of benzene rings is 1. The number of hydrogen-bond donors (Lipinski definition) is 2. The lowest BCUT2D eigenvalue weighted by atomic mass is 10.0. The Bertz CT molecular complexity index is 395. The molecule has 0 unspecified atom stereocenters. The number of anilines is 1. The lowest BCUT2D eigenvalue weighted by Gasteiger charge is -2.15. The molecule has 0 heterocycles. The van der Waals surface area contributed by atoms with Crippen molar-refractivity contribution in [3.05, 3.63) is 29.3 Å². The Balaban J connectivity index is 2.82. The fourth-order valence-electron chi connectivity index (χ4n) is 1.50. The van der Waals surface area contributed by atoms with Crippen molar-refractivity contribution in [2.75, 3.05) is 25.9 Å². The Hall–Kier alpha value is -1.49. The predicted octanol–water partition coefficient (Wildman–Crippen LogP) is 2.26. The van der Waals surface area contributed by atoms with Gasteiger partial charge in [0.1, 0.15) is 11.6 Å². The maximum absolute atomic E-state index is 13.5. The quantitative estimate of drug-likeness (QED) is 0.613. The number of nitrogens with two attached hydrogens (primary N) is 1. The second-order valence-electron chi connectivity index (χ2n) is 3.98.